The molecule has 26 heavy (non-hydrogen) atoms. The summed E-state index contributed by atoms with van der Waals surface area (Å²) in [6.45, 7) is 0.271. The van der Waals surface area contributed by atoms with Crippen molar-refractivity contribution in [1.29, 1.82) is 0 Å². The molecule has 0 radical (unpaired) electrons. The van der Waals surface area contributed by atoms with Crippen molar-refractivity contribution in [2.75, 3.05) is 0 Å². The van der Waals surface area contributed by atoms with E-state index in [2.05, 4.69) is 9.97 Å². The molecule has 132 valence electrons. The predicted molar refractivity (Wildman–Crippen MR) is 101 cm³/mol. The largest absolute Gasteiger partial charge is 0.332 e. The van der Waals surface area contributed by atoms with E-state index < -0.39 is 11.2 Å². The van der Waals surface area contributed by atoms with E-state index in [1.807, 2.05) is 18.2 Å². The maximum absolute atomic E-state index is 12.6. The number of imidazole rings is 1. The van der Waals surface area contributed by atoms with Gasteiger partial charge in [-0.2, -0.15) is 4.98 Å². The normalized spacial score (nSPS) is 11.5. The minimum atomic E-state index is -0.456. The third-order valence-electron chi connectivity index (χ3n) is 4.43. The molecule has 0 saturated carbocycles. The highest BCUT2D eigenvalue weighted by atomic mass is 35.5. The molecule has 4 aromatic rings. The molecule has 0 bridgehead atoms. The first kappa shape index (κ1) is 16.8. The first-order valence-corrected chi connectivity index (χ1v) is 8.49. The summed E-state index contributed by atoms with van der Waals surface area (Å²) in [5.41, 5.74) is 1.16. The molecule has 7 nitrogen and oxygen atoms in total. The van der Waals surface area contributed by atoms with Gasteiger partial charge in [0.15, 0.2) is 11.2 Å². The molecule has 4 rings (SSSR count). The van der Waals surface area contributed by atoms with Gasteiger partial charge >= 0.3 is 5.69 Å². The van der Waals surface area contributed by atoms with Crippen LogP contribution in [0.3, 0.4) is 0 Å². The van der Waals surface area contributed by atoms with Crippen LogP contribution in [0.25, 0.3) is 22.1 Å². The van der Waals surface area contributed by atoms with Crippen LogP contribution < -0.4 is 11.2 Å². The molecule has 0 atom stereocenters. The zero-order valence-electron chi connectivity index (χ0n) is 13.9. The lowest BCUT2D eigenvalue weighted by Crippen LogP contribution is -2.37. The minimum Gasteiger partial charge on any atom is -0.304 e. The first-order valence-electron chi connectivity index (χ1n) is 7.74. The molecule has 0 saturated heterocycles. The van der Waals surface area contributed by atoms with Crippen LogP contribution in [0.5, 0.6) is 0 Å². The molecule has 0 spiro atoms. The van der Waals surface area contributed by atoms with Crippen molar-refractivity contribution in [3.05, 3.63) is 67.2 Å². The van der Waals surface area contributed by atoms with E-state index in [0.29, 0.717) is 5.02 Å². The maximum atomic E-state index is 12.6. The first-order chi connectivity index (χ1) is 12.4. The Labute approximate surface area is 157 Å². The molecular weight excluding hydrogens is 377 g/mol. The number of aryl methyl sites for hydroxylation is 1. The number of halogens is 2. The summed E-state index contributed by atoms with van der Waals surface area (Å²) < 4.78 is 3.92. The molecule has 9 heteroatoms. The van der Waals surface area contributed by atoms with E-state index in [1.54, 1.807) is 23.9 Å². The average Bonchev–Trinajstić information content (AvgIpc) is 2.97. The molecule has 3 heterocycles. The fourth-order valence-electron chi connectivity index (χ4n) is 3.06. The lowest BCUT2D eigenvalue weighted by atomic mass is 10.1. The van der Waals surface area contributed by atoms with Gasteiger partial charge in [-0.25, -0.2) is 4.79 Å². The van der Waals surface area contributed by atoms with Crippen molar-refractivity contribution >= 4 is 45.3 Å². The van der Waals surface area contributed by atoms with E-state index in [4.69, 9.17) is 23.2 Å². The second-order valence-corrected chi connectivity index (χ2v) is 6.70. The number of nitrogens with zero attached hydrogens (tertiary/aromatic N) is 5. The Hall–Kier alpha value is -2.64. The Bertz CT molecular complexity index is 1300. The molecule has 3 aromatic heterocycles. The van der Waals surface area contributed by atoms with Crippen LogP contribution in [-0.2, 0) is 20.6 Å². The van der Waals surface area contributed by atoms with Gasteiger partial charge in [-0.1, -0.05) is 17.7 Å². The van der Waals surface area contributed by atoms with Gasteiger partial charge in [0.05, 0.1) is 12.1 Å². The second kappa shape index (κ2) is 5.96. The summed E-state index contributed by atoms with van der Waals surface area (Å²) >= 11 is 12.5. The molecule has 0 aliphatic heterocycles. The molecule has 1 aromatic carbocycles. The summed E-state index contributed by atoms with van der Waals surface area (Å²) in [4.78, 5) is 33.3. The summed E-state index contributed by atoms with van der Waals surface area (Å²) in [5.74, 6) is 0. The van der Waals surface area contributed by atoms with Crippen LogP contribution in [0, 0.1) is 0 Å². The zero-order chi connectivity index (χ0) is 18.6. The molecule has 0 N–H and O–H groups in total. The molecule has 0 unspecified atom stereocenters. The topological polar surface area (TPSA) is 74.7 Å². The molecular formula is C17H13Cl2N5O2. The van der Waals surface area contributed by atoms with E-state index in [1.165, 1.54) is 11.6 Å². The molecule has 0 aliphatic carbocycles. The van der Waals surface area contributed by atoms with E-state index in [9.17, 15) is 9.59 Å². The highest BCUT2D eigenvalue weighted by Gasteiger charge is 2.19. The predicted octanol–water partition coefficient (Wildman–Crippen LogP) is 2.34. The van der Waals surface area contributed by atoms with Gasteiger partial charge in [0, 0.05) is 30.7 Å². The summed E-state index contributed by atoms with van der Waals surface area (Å²) in [5, 5.41) is 1.53. The Morgan fingerprint density at radius 2 is 1.85 bits per heavy atom. The summed E-state index contributed by atoms with van der Waals surface area (Å²) in [6, 6.07) is 7.31. The number of benzene rings is 1. The Balaban J connectivity index is 2.01. The van der Waals surface area contributed by atoms with Gasteiger partial charge in [-0.3, -0.25) is 18.9 Å². The van der Waals surface area contributed by atoms with Crippen LogP contribution >= 0.6 is 23.2 Å². The van der Waals surface area contributed by atoms with E-state index in [0.717, 1.165) is 21.0 Å². The van der Waals surface area contributed by atoms with Crippen LogP contribution in [0.15, 0.2) is 40.1 Å². The maximum Gasteiger partial charge on any atom is 0.332 e. The minimum absolute atomic E-state index is 0.123. The molecule has 0 fully saturated rings. The number of pyridine rings is 1. The molecule has 0 aliphatic rings. The number of hydrogen-bond donors (Lipinski definition) is 0. The standard InChI is InChI=1S/C17H13Cl2N5O2/c1-22-14-13(15(25)23(2)17(22)26)24(16(19)21-14)8-9-5-6-11(18)10-4-3-7-20-12(9)10/h3-7H,8H2,1-2H3. The Morgan fingerprint density at radius 1 is 1.08 bits per heavy atom. The Kier molecular flexibility index (Phi) is 3.86. The monoisotopic (exact) mass is 389 g/mol. The van der Waals surface area contributed by atoms with Crippen molar-refractivity contribution in [2.45, 2.75) is 6.54 Å². The van der Waals surface area contributed by atoms with Crippen LogP contribution in [0.2, 0.25) is 10.3 Å². The number of fused-ring (bicyclic) bond motifs is 2. The lowest BCUT2D eigenvalue weighted by Gasteiger charge is -2.10. The lowest BCUT2D eigenvalue weighted by molar-refractivity contribution is 0.702. The van der Waals surface area contributed by atoms with E-state index in [-0.39, 0.29) is 23.0 Å². The quantitative estimate of drug-likeness (QED) is 0.493. The SMILES string of the molecule is Cn1c(=O)c2c(nc(Cl)n2Cc2ccc(Cl)c3cccnc23)n(C)c1=O. The van der Waals surface area contributed by atoms with Gasteiger partial charge in [-0.05, 0) is 35.4 Å². The van der Waals surface area contributed by atoms with Crippen molar-refractivity contribution < 1.29 is 0 Å². The number of rotatable bonds is 2. The van der Waals surface area contributed by atoms with Gasteiger partial charge < -0.3 is 4.57 Å². The Morgan fingerprint density at radius 3 is 2.62 bits per heavy atom. The smallest absolute Gasteiger partial charge is 0.304 e. The van der Waals surface area contributed by atoms with Crippen molar-refractivity contribution in [3.8, 4) is 0 Å². The number of hydrogen-bond acceptors (Lipinski definition) is 4. The van der Waals surface area contributed by atoms with Crippen LogP contribution in [0.1, 0.15) is 5.56 Å². The van der Waals surface area contributed by atoms with Crippen molar-refractivity contribution in [2.24, 2.45) is 14.1 Å². The highest BCUT2D eigenvalue weighted by molar-refractivity contribution is 6.35. The summed E-state index contributed by atoms with van der Waals surface area (Å²) in [6.07, 6.45) is 1.68. The van der Waals surface area contributed by atoms with Gasteiger partial charge in [0.25, 0.3) is 5.56 Å². The van der Waals surface area contributed by atoms with Gasteiger partial charge in [0.1, 0.15) is 0 Å². The fraction of sp³-hybridized carbons (Fsp3) is 0.176. The molecule has 0 amide bonds. The van der Waals surface area contributed by atoms with E-state index >= 15 is 0 Å². The fourth-order valence-corrected chi connectivity index (χ4v) is 3.50. The third kappa shape index (κ3) is 2.35. The van der Waals surface area contributed by atoms with Crippen molar-refractivity contribution in [1.82, 2.24) is 23.7 Å². The number of aromatic nitrogens is 5. The van der Waals surface area contributed by atoms with Crippen LogP contribution in [-0.4, -0.2) is 23.7 Å². The van der Waals surface area contributed by atoms with Gasteiger partial charge in [0.2, 0.25) is 5.28 Å². The zero-order valence-corrected chi connectivity index (χ0v) is 15.4. The van der Waals surface area contributed by atoms with Crippen molar-refractivity contribution in [3.63, 3.8) is 0 Å². The van der Waals surface area contributed by atoms with Crippen LogP contribution in [0.4, 0.5) is 0 Å². The third-order valence-corrected chi connectivity index (χ3v) is 5.05. The van der Waals surface area contributed by atoms with Gasteiger partial charge in [-0.15, -0.1) is 0 Å². The average molecular weight is 390 g/mol. The highest BCUT2D eigenvalue weighted by Crippen LogP contribution is 2.27. The second-order valence-electron chi connectivity index (χ2n) is 5.95. The summed E-state index contributed by atoms with van der Waals surface area (Å²) in [7, 11) is 2.98.